The van der Waals surface area contributed by atoms with Crippen molar-refractivity contribution < 1.29 is 23.5 Å². The zero-order valence-corrected chi connectivity index (χ0v) is 9.94. The second-order valence-electron chi connectivity index (χ2n) is 4.13. The quantitative estimate of drug-likeness (QED) is 0.652. The minimum atomic E-state index is -1.19. The molecule has 0 aliphatic carbocycles. The molecule has 0 aromatic heterocycles. The number of nitro benzene ring substituents is 1. The minimum Gasteiger partial charge on any atom is -0.487 e. The van der Waals surface area contributed by atoms with Crippen LogP contribution in [-0.2, 0) is 0 Å². The SMILES string of the molecule is CCC(C)(O)COc1cc(F)c([N+](=O)[O-])cc1F. The van der Waals surface area contributed by atoms with E-state index in [1.807, 2.05) is 0 Å². The van der Waals surface area contributed by atoms with Crippen LogP contribution in [0, 0.1) is 21.7 Å². The molecule has 1 rings (SSSR count). The summed E-state index contributed by atoms with van der Waals surface area (Å²) in [5.74, 6) is -2.70. The fourth-order valence-electron chi connectivity index (χ4n) is 1.10. The van der Waals surface area contributed by atoms with Crippen LogP contribution in [0.15, 0.2) is 12.1 Å². The normalized spacial score (nSPS) is 14.1. The Morgan fingerprint density at radius 3 is 2.56 bits per heavy atom. The van der Waals surface area contributed by atoms with E-state index in [2.05, 4.69) is 0 Å². The van der Waals surface area contributed by atoms with Gasteiger partial charge in [0.05, 0.1) is 16.6 Å². The second kappa shape index (κ2) is 5.26. The maximum absolute atomic E-state index is 13.4. The molecule has 100 valence electrons. The lowest BCUT2D eigenvalue weighted by Gasteiger charge is -2.21. The molecule has 0 saturated carbocycles. The Labute approximate surface area is 102 Å². The third-order valence-corrected chi connectivity index (χ3v) is 2.50. The lowest BCUT2D eigenvalue weighted by molar-refractivity contribution is -0.387. The summed E-state index contributed by atoms with van der Waals surface area (Å²) in [4.78, 5) is 9.34. The van der Waals surface area contributed by atoms with Crippen LogP contribution < -0.4 is 4.74 Å². The monoisotopic (exact) mass is 261 g/mol. The fourth-order valence-corrected chi connectivity index (χ4v) is 1.10. The van der Waals surface area contributed by atoms with E-state index in [9.17, 15) is 24.0 Å². The lowest BCUT2D eigenvalue weighted by atomic mass is 10.1. The van der Waals surface area contributed by atoms with Crippen molar-refractivity contribution in [3.63, 3.8) is 0 Å². The minimum absolute atomic E-state index is 0.238. The van der Waals surface area contributed by atoms with Gasteiger partial charge in [0.15, 0.2) is 11.6 Å². The first-order valence-corrected chi connectivity index (χ1v) is 5.25. The number of hydrogen-bond donors (Lipinski definition) is 1. The van der Waals surface area contributed by atoms with E-state index in [0.717, 1.165) is 0 Å². The van der Waals surface area contributed by atoms with Gasteiger partial charge in [0.1, 0.15) is 6.61 Å². The van der Waals surface area contributed by atoms with Gasteiger partial charge < -0.3 is 9.84 Å². The Hall–Kier alpha value is -1.76. The first-order valence-electron chi connectivity index (χ1n) is 5.25. The summed E-state index contributed by atoms with van der Waals surface area (Å²) in [5.41, 5.74) is -2.13. The number of hydrogen-bond acceptors (Lipinski definition) is 4. The molecule has 0 aliphatic heterocycles. The van der Waals surface area contributed by atoms with Gasteiger partial charge in [-0.1, -0.05) is 6.92 Å². The first kappa shape index (κ1) is 14.3. The van der Waals surface area contributed by atoms with Gasteiger partial charge in [-0.25, -0.2) is 4.39 Å². The molecule has 0 heterocycles. The fraction of sp³-hybridized carbons (Fsp3) is 0.455. The van der Waals surface area contributed by atoms with E-state index >= 15 is 0 Å². The van der Waals surface area contributed by atoms with E-state index in [0.29, 0.717) is 18.6 Å². The van der Waals surface area contributed by atoms with Crippen molar-refractivity contribution in [2.24, 2.45) is 0 Å². The van der Waals surface area contributed by atoms with Crippen molar-refractivity contribution >= 4 is 5.69 Å². The largest absolute Gasteiger partial charge is 0.487 e. The highest BCUT2D eigenvalue weighted by Gasteiger charge is 2.22. The smallest absolute Gasteiger partial charge is 0.307 e. The Bertz CT molecular complexity index is 463. The van der Waals surface area contributed by atoms with Crippen LogP contribution >= 0.6 is 0 Å². The predicted molar refractivity (Wildman–Crippen MR) is 59.4 cm³/mol. The van der Waals surface area contributed by atoms with Crippen LogP contribution in [0.2, 0.25) is 0 Å². The molecule has 5 nitrogen and oxygen atoms in total. The molecule has 0 amide bonds. The number of nitro groups is 1. The number of nitrogens with zero attached hydrogens (tertiary/aromatic N) is 1. The molecule has 7 heteroatoms. The Balaban J connectivity index is 2.92. The molecule has 1 unspecified atom stereocenters. The van der Waals surface area contributed by atoms with E-state index < -0.39 is 33.6 Å². The number of ether oxygens (including phenoxy) is 1. The van der Waals surface area contributed by atoms with Gasteiger partial charge in [-0.05, 0) is 13.3 Å². The van der Waals surface area contributed by atoms with Crippen molar-refractivity contribution in [3.05, 3.63) is 33.9 Å². The van der Waals surface area contributed by atoms with Gasteiger partial charge in [0.25, 0.3) is 0 Å². The molecule has 0 fully saturated rings. The molecular weight excluding hydrogens is 248 g/mol. The summed E-state index contributed by atoms with van der Waals surface area (Å²) in [6.07, 6.45) is 0.365. The topological polar surface area (TPSA) is 72.6 Å². The van der Waals surface area contributed by atoms with Crippen LogP contribution in [0.25, 0.3) is 0 Å². The van der Waals surface area contributed by atoms with Gasteiger partial charge in [-0.2, -0.15) is 4.39 Å². The summed E-state index contributed by atoms with van der Waals surface area (Å²) < 4.78 is 31.5. The molecule has 0 bridgehead atoms. The molecule has 1 aromatic rings. The molecule has 1 N–H and O–H groups in total. The van der Waals surface area contributed by atoms with Crippen LogP contribution in [0.3, 0.4) is 0 Å². The molecule has 0 radical (unpaired) electrons. The summed E-state index contributed by atoms with van der Waals surface area (Å²) in [7, 11) is 0. The standard InChI is InChI=1S/C11H13F2NO4/c1-3-11(2,15)6-18-10-5-7(12)9(14(16)17)4-8(10)13/h4-5,15H,3,6H2,1-2H3. The van der Waals surface area contributed by atoms with Gasteiger partial charge >= 0.3 is 5.69 Å². The zero-order chi connectivity index (χ0) is 13.9. The average Bonchev–Trinajstić information content (AvgIpc) is 2.29. The molecule has 0 aliphatic rings. The number of aliphatic hydroxyl groups is 1. The Morgan fingerprint density at radius 1 is 1.44 bits per heavy atom. The van der Waals surface area contributed by atoms with E-state index in [1.165, 1.54) is 6.92 Å². The highest BCUT2D eigenvalue weighted by Crippen LogP contribution is 2.27. The van der Waals surface area contributed by atoms with E-state index in [-0.39, 0.29) is 6.61 Å². The molecule has 1 atom stereocenters. The van der Waals surface area contributed by atoms with Crippen LogP contribution in [0.1, 0.15) is 20.3 Å². The third-order valence-electron chi connectivity index (χ3n) is 2.50. The second-order valence-corrected chi connectivity index (χ2v) is 4.13. The summed E-state index contributed by atoms with van der Waals surface area (Å²) in [5, 5.41) is 20.0. The maximum atomic E-state index is 13.4. The molecule has 1 aromatic carbocycles. The number of halogens is 2. The van der Waals surface area contributed by atoms with Gasteiger partial charge in [0, 0.05) is 6.07 Å². The van der Waals surface area contributed by atoms with E-state index in [4.69, 9.17) is 4.74 Å². The Kier molecular flexibility index (Phi) is 4.18. The molecule has 0 spiro atoms. The van der Waals surface area contributed by atoms with Gasteiger partial charge in [-0.3, -0.25) is 10.1 Å². The first-order chi connectivity index (χ1) is 8.26. The highest BCUT2D eigenvalue weighted by atomic mass is 19.1. The highest BCUT2D eigenvalue weighted by molar-refractivity contribution is 5.39. The summed E-state index contributed by atoms with van der Waals surface area (Å²) in [6.45, 7) is 2.94. The number of rotatable bonds is 5. The molecule has 18 heavy (non-hydrogen) atoms. The zero-order valence-electron chi connectivity index (χ0n) is 9.94. The summed E-state index contributed by atoms with van der Waals surface area (Å²) >= 11 is 0. The Morgan fingerprint density at radius 2 is 2.06 bits per heavy atom. The number of benzene rings is 1. The molecular formula is C11H13F2NO4. The van der Waals surface area contributed by atoms with Crippen molar-refractivity contribution in [2.75, 3.05) is 6.61 Å². The summed E-state index contributed by atoms with van der Waals surface area (Å²) in [6, 6.07) is 1.05. The van der Waals surface area contributed by atoms with Gasteiger partial charge in [0.2, 0.25) is 5.82 Å². The van der Waals surface area contributed by atoms with Crippen LogP contribution in [0.5, 0.6) is 5.75 Å². The van der Waals surface area contributed by atoms with Crippen LogP contribution in [0.4, 0.5) is 14.5 Å². The molecule has 0 saturated heterocycles. The lowest BCUT2D eigenvalue weighted by Crippen LogP contribution is -2.31. The average molecular weight is 261 g/mol. The third kappa shape index (κ3) is 3.36. The predicted octanol–water partition coefficient (Wildman–Crippen LogP) is 2.41. The van der Waals surface area contributed by atoms with Gasteiger partial charge in [-0.15, -0.1) is 0 Å². The van der Waals surface area contributed by atoms with Crippen molar-refractivity contribution in [2.45, 2.75) is 25.9 Å². The van der Waals surface area contributed by atoms with Crippen LogP contribution in [-0.4, -0.2) is 22.2 Å². The van der Waals surface area contributed by atoms with Crippen molar-refractivity contribution in [1.82, 2.24) is 0 Å². The van der Waals surface area contributed by atoms with Crippen molar-refractivity contribution in [1.29, 1.82) is 0 Å². The van der Waals surface area contributed by atoms with Crippen molar-refractivity contribution in [3.8, 4) is 5.75 Å². The maximum Gasteiger partial charge on any atom is 0.307 e. The van der Waals surface area contributed by atoms with E-state index in [1.54, 1.807) is 6.92 Å².